The molecule has 0 bridgehead atoms. The first kappa shape index (κ1) is 70.0. The van der Waals surface area contributed by atoms with E-state index in [1.54, 1.807) is 0 Å². The van der Waals surface area contributed by atoms with E-state index in [1.807, 2.05) is 0 Å². The third-order valence-corrected chi connectivity index (χ3v) is 28.9. The van der Waals surface area contributed by atoms with E-state index in [9.17, 15) is 0 Å². The second-order valence-corrected chi connectivity index (χ2v) is 35.4. The predicted octanol–water partition coefficient (Wildman–Crippen LogP) is 29.2. The molecule has 0 N–H and O–H groups in total. The average molecular weight is 1650 g/mol. The lowest BCUT2D eigenvalue weighted by Gasteiger charge is -2.45. The van der Waals surface area contributed by atoms with E-state index >= 15 is 0 Å². The number of hydrogen-bond acceptors (Lipinski definition) is 2. The number of fused-ring (bicyclic) bond motifs is 28. The maximum absolute atomic E-state index is 2.74. The van der Waals surface area contributed by atoms with Gasteiger partial charge in [-0.15, -0.1) is 0 Å². The summed E-state index contributed by atoms with van der Waals surface area (Å²) < 4.78 is 17.6. The van der Waals surface area contributed by atoms with Gasteiger partial charge in [-0.1, -0.05) is 231 Å². The molecule has 0 aliphatic carbocycles. The van der Waals surface area contributed by atoms with Crippen LogP contribution in [0, 0.1) is 0 Å². The van der Waals surface area contributed by atoms with E-state index in [-0.39, 0.29) is 0 Å². The lowest BCUT2D eigenvalue weighted by atomic mass is 9.33. The minimum atomic E-state index is -0.407. The minimum Gasteiger partial charge on any atom is -0.311 e. The standard InChI is InChI=1S/C120H72BN9/c1-5-31-75(32-6-1)122-103-53-27-19-45-87(103)117-107(122)55-29-57-109(117)128-113-69-91-89-67-79(126-97-47-21-13-39-81(97)82-40-14-22-48-98(82)126)59-61-105(89)124(77-35-9-3-10-36-77)111(91)71-95(113)121-96-72-112-92(90-68-80(60-62-106(90)125(112)78-37-11-4-12-38-78)127-99-49-23-15-41-83(99)84-42-16-24-50-100(84)127)70-114(96)129(110-58-30-56-108-118(110)88-46-20-28-54-104(88)123(108)76-33-7-2-8-34-76)116-66-74(65-115(128)119(116)121)73-63-93-85-43-17-25-51-101(85)130-102-52-26-18-44-86(102)94(64-73)120(93)130/h1-72H. The van der Waals surface area contributed by atoms with Crippen molar-refractivity contribution in [3.63, 3.8) is 0 Å². The number of para-hydroxylation sites is 12. The number of aromatic nitrogens is 7. The van der Waals surface area contributed by atoms with E-state index < -0.39 is 6.71 Å². The Morgan fingerprint density at radius 2 is 0.431 bits per heavy atom. The maximum atomic E-state index is 2.74. The molecular formula is C120H72BN9. The molecule has 0 fully saturated rings. The van der Waals surface area contributed by atoms with Crippen LogP contribution in [0.5, 0.6) is 0 Å². The van der Waals surface area contributed by atoms with Crippen LogP contribution < -0.4 is 26.2 Å². The molecule has 20 aromatic carbocycles. The molecule has 8 aromatic heterocycles. The Bertz CT molecular complexity index is 9130. The van der Waals surface area contributed by atoms with Gasteiger partial charge in [0.15, 0.2) is 0 Å². The summed E-state index contributed by atoms with van der Waals surface area (Å²) in [7, 11) is 0. The highest BCUT2D eigenvalue weighted by Crippen LogP contribution is 2.55. The van der Waals surface area contributed by atoms with Crippen LogP contribution in [0.15, 0.2) is 437 Å². The van der Waals surface area contributed by atoms with E-state index in [0.717, 1.165) is 167 Å². The van der Waals surface area contributed by atoms with Crippen molar-refractivity contribution in [3.05, 3.63) is 437 Å². The molecule has 30 rings (SSSR count). The fourth-order valence-corrected chi connectivity index (χ4v) is 23.8. The van der Waals surface area contributed by atoms with Crippen LogP contribution >= 0.6 is 0 Å². The third-order valence-electron chi connectivity index (χ3n) is 28.9. The fraction of sp³-hybridized carbons (Fsp3) is 0. The summed E-state index contributed by atoms with van der Waals surface area (Å²) in [6.07, 6.45) is 0. The van der Waals surface area contributed by atoms with E-state index in [1.165, 1.54) is 98.1 Å². The van der Waals surface area contributed by atoms with Crippen molar-refractivity contribution < 1.29 is 0 Å². The summed E-state index contributed by atoms with van der Waals surface area (Å²) >= 11 is 0. The van der Waals surface area contributed by atoms with Crippen LogP contribution in [-0.4, -0.2) is 38.5 Å². The van der Waals surface area contributed by atoms with Crippen molar-refractivity contribution in [2.75, 3.05) is 9.80 Å². The highest BCUT2D eigenvalue weighted by molar-refractivity contribution is 7.00. The normalized spacial score (nSPS) is 12.9. The number of benzene rings is 20. The number of anilines is 6. The first-order valence-corrected chi connectivity index (χ1v) is 45.0. The van der Waals surface area contributed by atoms with E-state index in [4.69, 9.17) is 0 Å². The monoisotopic (exact) mass is 1650 g/mol. The van der Waals surface area contributed by atoms with Gasteiger partial charge in [-0.3, -0.25) is 0 Å². The van der Waals surface area contributed by atoms with Gasteiger partial charge in [-0.05, 0) is 234 Å². The average Bonchev–Trinajstić information content (AvgIpc) is 1.24. The Morgan fingerprint density at radius 3 is 0.800 bits per heavy atom. The summed E-state index contributed by atoms with van der Waals surface area (Å²) in [4.78, 5) is 5.47. The number of nitrogens with zero attached hydrogens (tertiary/aromatic N) is 9. The van der Waals surface area contributed by atoms with Crippen LogP contribution in [-0.2, 0) is 0 Å². The van der Waals surface area contributed by atoms with Gasteiger partial charge in [-0.25, -0.2) is 0 Å². The maximum Gasteiger partial charge on any atom is 0.252 e. The molecule has 0 atom stereocenters. The molecular weight excluding hydrogens is 1580 g/mol. The summed E-state index contributed by atoms with van der Waals surface area (Å²) in [6, 6.07) is 165. The predicted molar refractivity (Wildman–Crippen MR) is 547 cm³/mol. The molecule has 600 valence electrons. The fourth-order valence-electron chi connectivity index (χ4n) is 23.8. The van der Waals surface area contributed by atoms with Gasteiger partial charge in [-0.2, -0.15) is 0 Å². The molecule has 0 spiro atoms. The molecule has 2 aliphatic rings. The molecule has 0 radical (unpaired) electrons. The molecule has 130 heavy (non-hydrogen) atoms. The van der Waals surface area contributed by atoms with Crippen molar-refractivity contribution in [1.29, 1.82) is 0 Å². The molecule has 28 aromatic rings. The highest BCUT2D eigenvalue weighted by atomic mass is 15.2. The molecule has 0 unspecified atom stereocenters. The zero-order valence-electron chi connectivity index (χ0n) is 70.2. The summed E-state index contributed by atoms with van der Waals surface area (Å²) in [5.41, 5.74) is 36.2. The topological polar surface area (TPSA) is 40.5 Å². The van der Waals surface area contributed by atoms with Gasteiger partial charge in [0.2, 0.25) is 0 Å². The third kappa shape index (κ3) is 9.38. The van der Waals surface area contributed by atoms with Gasteiger partial charge in [0, 0.05) is 143 Å². The molecule has 10 heteroatoms. The van der Waals surface area contributed by atoms with Crippen LogP contribution in [0.2, 0.25) is 0 Å². The van der Waals surface area contributed by atoms with Crippen molar-refractivity contribution >= 4 is 226 Å². The molecule has 0 saturated carbocycles. The zero-order valence-corrected chi connectivity index (χ0v) is 70.2. The van der Waals surface area contributed by atoms with E-state index in [0.29, 0.717) is 0 Å². The summed E-state index contributed by atoms with van der Waals surface area (Å²) in [5, 5.41) is 19.0. The molecule has 0 amide bonds. The smallest absolute Gasteiger partial charge is 0.252 e. The van der Waals surface area contributed by atoms with Crippen molar-refractivity contribution in [2.24, 2.45) is 0 Å². The highest BCUT2D eigenvalue weighted by Gasteiger charge is 2.46. The Hall–Kier alpha value is -17.3. The quantitative estimate of drug-likeness (QED) is 0.135. The number of rotatable bonds is 9. The summed E-state index contributed by atoms with van der Waals surface area (Å²) in [6.45, 7) is -0.407. The van der Waals surface area contributed by atoms with Gasteiger partial charge >= 0.3 is 0 Å². The SMILES string of the molecule is c1ccc(-n2c3ccc(-n4c5ccccc5c5ccccc54)cc3c3cc4c(cc32)B2c3cc5c(cc3N(c3cccc6c3c3ccccc3n6-c3ccccc3)c3cc(-c6cc7c8ccccc8n8c9ccccc9c(c6)c78)cc(c32)N4c2cccc3c2c2ccccc2n3-c2ccccc2)c2cc(-n3c4ccccc4c4ccccc43)ccc2n5-c2ccccc2)cc1. The van der Waals surface area contributed by atoms with Crippen LogP contribution in [0.25, 0.3) is 214 Å². The van der Waals surface area contributed by atoms with Gasteiger partial charge in [0.25, 0.3) is 6.71 Å². The Balaban J connectivity index is 0.801. The van der Waals surface area contributed by atoms with Gasteiger partial charge in [0.1, 0.15) is 0 Å². The summed E-state index contributed by atoms with van der Waals surface area (Å²) in [5.74, 6) is 0. The molecule has 2 aliphatic heterocycles. The van der Waals surface area contributed by atoms with Crippen molar-refractivity contribution in [2.45, 2.75) is 0 Å². The van der Waals surface area contributed by atoms with Crippen molar-refractivity contribution in [3.8, 4) is 45.3 Å². The molecule has 9 nitrogen and oxygen atoms in total. The molecule has 10 heterocycles. The van der Waals surface area contributed by atoms with E-state index in [2.05, 4.69) is 478 Å². The Labute approximate surface area is 744 Å². The first-order valence-electron chi connectivity index (χ1n) is 45.0. The lowest BCUT2D eigenvalue weighted by Crippen LogP contribution is -2.61. The Kier molecular flexibility index (Phi) is 14.1. The van der Waals surface area contributed by atoms with Crippen LogP contribution in [0.3, 0.4) is 0 Å². The largest absolute Gasteiger partial charge is 0.311 e. The van der Waals surface area contributed by atoms with Crippen LogP contribution in [0.4, 0.5) is 34.1 Å². The van der Waals surface area contributed by atoms with Crippen LogP contribution in [0.1, 0.15) is 0 Å². The van der Waals surface area contributed by atoms with Gasteiger partial charge < -0.3 is 41.6 Å². The second kappa shape index (κ2) is 26.2. The first-order chi connectivity index (χ1) is 64.6. The van der Waals surface area contributed by atoms with Crippen molar-refractivity contribution in [1.82, 2.24) is 31.8 Å². The zero-order chi connectivity index (χ0) is 84.4. The second-order valence-electron chi connectivity index (χ2n) is 35.4. The molecule has 0 saturated heterocycles. The number of hydrogen-bond donors (Lipinski definition) is 0. The van der Waals surface area contributed by atoms with Gasteiger partial charge in [0.05, 0.1) is 94.1 Å². The lowest BCUT2D eigenvalue weighted by molar-refractivity contribution is 1.16. The Morgan fingerprint density at radius 1 is 0.154 bits per heavy atom. The minimum absolute atomic E-state index is 0.407.